The van der Waals surface area contributed by atoms with Gasteiger partial charge in [-0.15, -0.1) is 34.0 Å². The third kappa shape index (κ3) is 120. The van der Waals surface area contributed by atoms with Crippen LogP contribution in [0.15, 0.2) is 212 Å². The summed E-state index contributed by atoms with van der Waals surface area (Å²) in [7, 11) is 0. The number of aromatic amines is 4. The molecule has 12 heterocycles. The second kappa shape index (κ2) is 122. The molecule has 1 aromatic carbocycles. The molecule has 0 saturated carbocycles. The van der Waals surface area contributed by atoms with Crippen LogP contribution in [0.25, 0.3) is 0 Å². The molecule has 21 heteroatoms. The molecular formula is C84H153N13O4S4. The van der Waals surface area contributed by atoms with E-state index in [2.05, 4.69) is 113 Å². The number of hydrogen-bond acceptors (Lipinski definition) is 17. The van der Waals surface area contributed by atoms with Gasteiger partial charge in [0, 0.05) is 99.7 Å². The zero-order chi connectivity index (χ0) is 84.0. The average molecular weight is 1540 g/mol. The third-order valence-corrected chi connectivity index (χ3v) is 11.1. The lowest BCUT2D eigenvalue weighted by Crippen LogP contribution is -1.66. The van der Waals surface area contributed by atoms with Gasteiger partial charge in [0.2, 0.25) is 0 Å². The van der Waals surface area contributed by atoms with Crippen molar-refractivity contribution in [1.29, 1.82) is 0 Å². The molecule has 0 spiro atoms. The van der Waals surface area contributed by atoms with Crippen molar-refractivity contribution >= 4 is 45.5 Å². The van der Waals surface area contributed by atoms with Crippen molar-refractivity contribution in [3.05, 3.63) is 266 Å². The number of thiazole rings is 2. The van der Waals surface area contributed by atoms with Gasteiger partial charge in [-0.05, 0) is 142 Å². The molecule has 0 aliphatic heterocycles. The van der Waals surface area contributed by atoms with Crippen molar-refractivity contribution < 1.29 is 17.8 Å². The first-order valence-corrected chi connectivity index (χ1v) is 40.7. The topological polar surface area (TPSA) is 232 Å². The van der Waals surface area contributed by atoms with Crippen LogP contribution in [0, 0.1) is 90.0 Å². The Balaban J connectivity index is -0.0000000774. The number of imidazole rings is 2. The summed E-state index contributed by atoms with van der Waals surface area (Å²) in [6.45, 7) is 77.6. The number of nitrogens with one attached hydrogen (secondary N) is 4. The molecule has 0 atom stereocenters. The van der Waals surface area contributed by atoms with Gasteiger partial charge >= 0.3 is 0 Å². The molecule has 0 aliphatic rings. The van der Waals surface area contributed by atoms with E-state index in [0.717, 1.165) is 45.4 Å². The summed E-state index contributed by atoms with van der Waals surface area (Å²) >= 11 is 6.64. The summed E-state index contributed by atoms with van der Waals surface area (Å²) in [5.41, 5.74) is 6.58. The fourth-order valence-corrected chi connectivity index (χ4v) is 6.17. The van der Waals surface area contributed by atoms with E-state index in [-0.39, 0.29) is 0 Å². The number of aromatic nitrogens is 13. The van der Waals surface area contributed by atoms with E-state index < -0.39 is 0 Å². The van der Waals surface area contributed by atoms with Crippen molar-refractivity contribution in [2.45, 2.75) is 270 Å². The lowest BCUT2D eigenvalue weighted by Gasteiger charge is -1.82. The smallest absolute Gasteiger partial charge is 0.190 e. The molecule has 0 aliphatic carbocycles. The Bertz CT molecular complexity index is 2350. The Kier molecular flexibility index (Phi) is 147. The first-order valence-electron chi connectivity index (χ1n) is 37.3. The Morgan fingerprint density at radius 3 is 1.10 bits per heavy atom. The first-order chi connectivity index (χ1) is 51.1. The van der Waals surface area contributed by atoms with Gasteiger partial charge in [0.25, 0.3) is 0 Å². The fourth-order valence-electron chi connectivity index (χ4n) is 4.38. The van der Waals surface area contributed by atoms with Crippen molar-refractivity contribution in [1.82, 2.24) is 64.6 Å². The van der Waals surface area contributed by atoms with Crippen LogP contribution in [0.4, 0.5) is 0 Å². The quantitative estimate of drug-likeness (QED) is 0.111. The number of H-pyrrole nitrogens is 4. The predicted octanol–water partition coefficient (Wildman–Crippen LogP) is 29.8. The monoisotopic (exact) mass is 1540 g/mol. The summed E-state index contributed by atoms with van der Waals surface area (Å²) in [6, 6.07) is 27.9. The van der Waals surface area contributed by atoms with E-state index in [9.17, 15) is 0 Å². The normalized spacial score (nSPS) is 7.38. The van der Waals surface area contributed by atoms with E-state index in [1.165, 1.54) is 43.8 Å². The number of oxazole rings is 2. The van der Waals surface area contributed by atoms with Crippen LogP contribution in [-0.2, 0) is 0 Å². The number of benzene rings is 1. The zero-order valence-electron chi connectivity index (χ0n) is 73.3. The molecule has 0 radical (unpaired) electrons. The number of rotatable bonds is 0. The van der Waals surface area contributed by atoms with Crippen molar-refractivity contribution in [2.75, 3.05) is 0 Å². The number of aryl methyl sites for hydroxylation is 13. The molecule has 13 aromatic rings. The van der Waals surface area contributed by atoms with Gasteiger partial charge in [0.05, 0.1) is 41.7 Å². The molecule has 4 N–H and O–H groups in total. The fraction of sp³-hybridized carbons (Fsp3) is 0.464. The standard InChI is InChI=1S/C7H8.C5H7N.C5H6O.C5H6S.3C4H6N2.3C4H5NO.3C4H5NS.13C2H6/c1-7-5-3-2-4-6-7;3*1-5-3-2-4-6-5;1-4-2-5-3-6-4;1-4-5-2-3-6-4;1-4-2-3-5-6-4;1-4-2-5-3-6-4;1-4-5-2-3-6-4;1-4-2-3-5-6-4;1-4-2-5-3-6-4;1-4-5-2-3-6-4;1-4-2-3-5-6-4;13*1-2/h2-6H,1H3;2-4,6H,1H3;2*2-4H,1H3;3*2-3H,1H3,(H,5,6);6*2-3H,1H3;13*1-2H3. The molecule has 17 nitrogen and oxygen atoms in total. The van der Waals surface area contributed by atoms with Crippen LogP contribution in [0.3, 0.4) is 0 Å². The molecule has 12 aromatic heterocycles. The zero-order valence-corrected chi connectivity index (χ0v) is 76.5. The second-order valence-electron chi connectivity index (χ2n) is 15.7. The number of furan rings is 1. The van der Waals surface area contributed by atoms with Gasteiger partial charge in [0.15, 0.2) is 12.3 Å². The predicted molar refractivity (Wildman–Crippen MR) is 471 cm³/mol. The molecule has 13 rings (SSSR count). The second-order valence-corrected chi connectivity index (χ2v) is 20.1. The first kappa shape index (κ1) is 126. The highest BCUT2D eigenvalue weighted by molar-refractivity contribution is 7.10. The van der Waals surface area contributed by atoms with Gasteiger partial charge in [-0.1, -0.05) is 227 Å². The van der Waals surface area contributed by atoms with Gasteiger partial charge in [-0.2, -0.15) is 5.10 Å². The van der Waals surface area contributed by atoms with Gasteiger partial charge in [-0.3, -0.25) is 15.1 Å². The third-order valence-electron chi connectivity index (χ3n) is 8.29. The van der Waals surface area contributed by atoms with Crippen LogP contribution in [0.1, 0.15) is 251 Å². The Hall–Kier alpha value is -8.37. The highest BCUT2D eigenvalue weighted by Crippen LogP contribution is 2.04. The Morgan fingerprint density at radius 2 is 0.962 bits per heavy atom. The van der Waals surface area contributed by atoms with E-state index in [4.69, 9.17) is 13.3 Å². The SMILES string of the molecule is CC.CC.CC.CC.CC.CC.CC.CC.CC.CC.CC.CC.CC.Cc1ccc[nH]1.Cc1ccccc1.Cc1ccco1.Cc1cccs1.Cc1ccn[nH]1.Cc1ccno1.Cc1ccns1.Cc1cnc[nH]1.Cc1cnco1.Cc1cncs1.Cc1ncc[nH]1.Cc1ncco1.Cc1nccs1. The summed E-state index contributed by atoms with van der Waals surface area (Å²) in [5.74, 6) is 4.37. The largest absolute Gasteiger partial charge is 0.470 e. The van der Waals surface area contributed by atoms with Crippen molar-refractivity contribution in [3.8, 4) is 0 Å². The molecule has 0 unspecified atom stereocenters. The number of thiophene rings is 1. The van der Waals surface area contributed by atoms with E-state index in [1.54, 1.807) is 122 Å². The van der Waals surface area contributed by atoms with Gasteiger partial charge in [0.1, 0.15) is 29.4 Å². The summed E-state index contributed by atoms with van der Waals surface area (Å²) in [6.07, 6.45) is 25.6. The van der Waals surface area contributed by atoms with Crippen molar-refractivity contribution in [3.63, 3.8) is 0 Å². The van der Waals surface area contributed by atoms with Gasteiger partial charge < -0.3 is 32.7 Å². The van der Waals surface area contributed by atoms with E-state index in [0.29, 0.717) is 0 Å². The minimum atomic E-state index is 0.718. The number of hydrogen-bond donors (Lipinski definition) is 4. The molecule has 0 amide bonds. The minimum absolute atomic E-state index is 0.718. The van der Waals surface area contributed by atoms with Crippen LogP contribution in [0.2, 0.25) is 0 Å². The lowest BCUT2D eigenvalue weighted by atomic mass is 10.2. The summed E-state index contributed by atoms with van der Waals surface area (Å²) < 4.78 is 22.7. The van der Waals surface area contributed by atoms with E-state index in [1.807, 2.05) is 327 Å². The number of nitrogens with zero attached hydrogens (tertiary/aromatic N) is 9. The molecule has 0 saturated heterocycles. The van der Waals surface area contributed by atoms with Crippen LogP contribution < -0.4 is 0 Å². The molecule has 0 bridgehead atoms. The molecule has 602 valence electrons. The van der Waals surface area contributed by atoms with Crippen LogP contribution >= 0.6 is 45.5 Å². The van der Waals surface area contributed by atoms with Crippen LogP contribution in [0.5, 0.6) is 0 Å². The summed E-state index contributed by atoms with van der Waals surface area (Å²) in [5, 5.41) is 15.1. The maximum absolute atomic E-state index is 4.83. The highest BCUT2D eigenvalue weighted by Gasteiger charge is 1.82. The average Bonchev–Trinajstić information content (AvgIpc) is 2.73. The molecular weight excluding hydrogens is 1380 g/mol. The van der Waals surface area contributed by atoms with Crippen molar-refractivity contribution in [2.24, 2.45) is 0 Å². The van der Waals surface area contributed by atoms with E-state index >= 15 is 0 Å². The Morgan fingerprint density at radius 1 is 0.352 bits per heavy atom. The Labute approximate surface area is 659 Å². The van der Waals surface area contributed by atoms with Gasteiger partial charge in [-0.25, -0.2) is 24.3 Å². The minimum Gasteiger partial charge on any atom is -0.470 e. The summed E-state index contributed by atoms with van der Waals surface area (Å²) in [4.78, 5) is 35.5. The lowest BCUT2D eigenvalue weighted by molar-refractivity contribution is 0.397. The highest BCUT2D eigenvalue weighted by atomic mass is 32.1. The van der Waals surface area contributed by atoms with Crippen LogP contribution in [-0.4, -0.2) is 64.6 Å². The molecule has 0 fully saturated rings. The maximum atomic E-state index is 4.83. The maximum Gasteiger partial charge on any atom is 0.190 e. The molecule has 105 heavy (non-hydrogen) atoms.